The van der Waals surface area contributed by atoms with Gasteiger partial charge in [-0.2, -0.15) is 4.99 Å². The van der Waals surface area contributed by atoms with Gasteiger partial charge in [0.25, 0.3) is 6.47 Å². The summed E-state index contributed by atoms with van der Waals surface area (Å²) in [6, 6.07) is 14.0. The molecule has 1 aromatic heterocycles. The van der Waals surface area contributed by atoms with Crippen molar-refractivity contribution in [3.05, 3.63) is 93.3 Å². The number of terminal acetylenes is 1. The number of halogens is 1. The maximum atomic E-state index is 14.6. The van der Waals surface area contributed by atoms with E-state index in [1.165, 1.54) is 158 Å². The monoisotopic (exact) mass is 1370 g/mol. The largest absolute Gasteiger partial charge is 0.508 e. The van der Waals surface area contributed by atoms with Crippen LogP contribution in [0, 0.1) is 48.3 Å². The quantitative estimate of drug-likeness (QED) is 0.0244. The number of anilines is 1. The van der Waals surface area contributed by atoms with Crippen molar-refractivity contribution in [2.24, 2.45) is 28.2 Å². The lowest BCUT2D eigenvalue weighted by Gasteiger charge is -2.52. The molecule has 1 spiro atoms. The van der Waals surface area contributed by atoms with Crippen LogP contribution in [0.25, 0.3) is 34.4 Å². The van der Waals surface area contributed by atoms with Crippen LogP contribution in [0.3, 0.4) is 0 Å². The van der Waals surface area contributed by atoms with Crippen LogP contribution >= 0.6 is 9.24 Å². The van der Waals surface area contributed by atoms with Crippen LogP contribution in [-0.2, 0) is 23.9 Å². The zero-order valence-electron chi connectivity index (χ0n) is 62.3. The summed E-state index contributed by atoms with van der Waals surface area (Å²) in [7, 11) is 8.39. The second-order valence-corrected chi connectivity index (χ2v) is 29.3. The molecule has 7 fully saturated rings. The highest BCUT2D eigenvalue weighted by Crippen LogP contribution is 2.46. The van der Waals surface area contributed by atoms with E-state index in [4.69, 9.17) is 20.9 Å². The summed E-state index contributed by atoms with van der Waals surface area (Å²) in [6.07, 6.45) is 34.0. The summed E-state index contributed by atoms with van der Waals surface area (Å²) >= 11 is 0. The molecule has 1 amide bonds. The molecule has 98 heavy (non-hydrogen) atoms. The second kappa shape index (κ2) is 40.4. The Hall–Kier alpha value is -6.01. The molecule has 2 N–H and O–H groups in total. The number of phenols is 1. The van der Waals surface area contributed by atoms with Crippen LogP contribution in [-0.4, -0.2) is 157 Å². The average Bonchev–Trinajstić information content (AvgIpc) is 0.963. The third-order valence-electron chi connectivity index (χ3n) is 21.3. The van der Waals surface area contributed by atoms with E-state index in [0.717, 1.165) is 62.7 Å². The summed E-state index contributed by atoms with van der Waals surface area (Å²) in [6.45, 7) is 34.6. The maximum absolute atomic E-state index is 14.6. The fraction of sp³-hybridized carbons (Fsp3) is 0.622. The van der Waals surface area contributed by atoms with E-state index in [9.17, 15) is 29.0 Å². The second-order valence-electron chi connectivity index (χ2n) is 28.7. The van der Waals surface area contributed by atoms with Gasteiger partial charge in [-0.1, -0.05) is 104 Å². The minimum Gasteiger partial charge on any atom is -0.508 e. The number of nitrogens with zero attached hydrogens (tertiary/aromatic N) is 7. The molecule has 5 saturated heterocycles. The van der Waals surface area contributed by atoms with Gasteiger partial charge in [0.2, 0.25) is 5.91 Å². The molecule has 11 rings (SSSR count). The van der Waals surface area contributed by atoms with Gasteiger partial charge in [0.05, 0.1) is 24.5 Å². The number of β-amino-alcohol motifs (C(OH)–C–C–N with tert-alkyl or cyclic N) is 1. The molecule has 0 radical (unpaired) electrons. The number of ketones is 1. The number of carbonyl (C=O) groups is 3. The van der Waals surface area contributed by atoms with E-state index < -0.39 is 11.9 Å². The number of carbonyl (C=O) groups excluding carboxylic acids is 3. The zero-order valence-corrected chi connectivity index (χ0v) is 63.5. The molecular formula is C82H123FN7O7P. The first-order valence-electron chi connectivity index (χ1n) is 37.3. The molecule has 6 heterocycles. The molecule has 3 aromatic carbocycles. The highest BCUT2D eigenvalue weighted by molar-refractivity contribution is 7.27. The number of amides is 1. The third-order valence-corrected chi connectivity index (χ3v) is 21.9. The van der Waals surface area contributed by atoms with E-state index in [1.807, 2.05) is 37.6 Å². The molecule has 0 bridgehead atoms. The number of methoxy groups -OCH3 is 1. The van der Waals surface area contributed by atoms with Crippen LogP contribution in [0.15, 0.2) is 65.3 Å². The fourth-order valence-corrected chi connectivity index (χ4v) is 15.7. The van der Waals surface area contributed by atoms with Crippen molar-refractivity contribution in [1.82, 2.24) is 24.6 Å². The Morgan fingerprint density at radius 3 is 2.26 bits per heavy atom. The average molecular weight is 1370 g/mol. The number of ether oxygens (including phenoxy) is 2. The SMILES string of the molecule is C#Cc1c(F)ccc2cc(O)cc(-c3nc/c(=C(/N=C(\C)OC)N4CCCC(O)C4)c(=C)c3P)c12.CC.CCC.CCC(C)C(=O)C(C)CCC=C1CCC1.CCCC(=O)N(C)c1cc(C2CCN(CC3CCC4(CC3)CN(C)C4)CC2)ccc1C.O=COCC1CCC2CCCN21. The van der Waals surface area contributed by atoms with Crippen LogP contribution in [0.4, 0.5) is 10.1 Å². The van der Waals surface area contributed by atoms with E-state index in [-0.39, 0.29) is 29.1 Å². The fourth-order valence-electron chi connectivity index (χ4n) is 15.3. The Morgan fingerprint density at radius 1 is 0.949 bits per heavy atom. The van der Waals surface area contributed by atoms with Crippen LogP contribution in [0.1, 0.15) is 220 Å². The Morgan fingerprint density at radius 2 is 1.64 bits per heavy atom. The van der Waals surface area contributed by atoms with Gasteiger partial charge >= 0.3 is 0 Å². The van der Waals surface area contributed by atoms with Gasteiger partial charge in [0.1, 0.15) is 29.8 Å². The number of likely N-dealkylation sites (tertiary alicyclic amines) is 3. The number of aromatic hydroxyl groups is 1. The number of fused-ring (bicyclic) bond motifs is 2. The van der Waals surface area contributed by atoms with Crippen LogP contribution < -0.4 is 20.6 Å². The number of hydrogen-bond donors (Lipinski definition) is 2. The number of aliphatic hydroxyl groups is 1. The summed E-state index contributed by atoms with van der Waals surface area (Å²) < 4.78 is 24.7. The molecule has 7 aliphatic rings. The number of piperidine rings is 2. The predicted octanol–water partition coefficient (Wildman–Crippen LogP) is 14.6. The number of phenolic OH excluding ortho intramolecular Hbond substituents is 1. The van der Waals surface area contributed by atoms with Gasteiger partial charge in [-0.3, -0.25) is 24.3 Å². The minimum absolute atomic E-state index is 0.0119. The molecule has 4 aromatic rings. The molecule has 16 heteroatoms. The highest BCUT2D eigenvalue weighted by atomic mass is 31.0. The molecule has 2 aliphatic carbocycles. The van der Waals surface area contributed by atoms with Gasteiger partial charge in [0.15, 0.2) is 5.90 Å². The molecule has 6 atom stereocenters. The molecule has 540 valence electrons. The number of aliphatic hydroxyl groups excluding tert-OH is 1. The normalized spacial score (nSPS) is 21.0. The topological polar surface area (TPSA) is 152 Å². The van der Waals surface area contributed by atoms with Crippen LogP contribution in [0.5, 0.6) is 5.75 Å². The molecule has 14 nitrogen and oxygen atoms in total. The number of allylic oxidation sites excluding steroid dienone is 2. The number of benzene rings is 3. The number of aryl methyl sites for hydroxylation is 1. The van der Waals surface area contributed by atoms with Gasteiger partial charge < -0.3 is 39.3 Å². The Kier molecular flexibility index (Phi) is 33.4. The number of aromatic nitrogens is 1. The number of hydrogen-bond acceptors (Lipinski definition) is 13. The lowest BCUT2D eigenvalue weighted by Crippen LogP contribution is -2.56. The Labute approximate surface area is 591 Å². The predicted molar refractivity (Wildman–Crippen MR) is 408 cm³/mol. The van der Waals surface area contributed by atoms with E-state index >= 15 is 0 Å². The minimum atomic E-state index is -0.521. The standard InChI is InChI=1S/C27H27FN3O3P.C27H43N3O.C14H24O.C9H15NO2.C3H8.C2H6/c1-5-20-23(28)9-8-17-11-19(33)12-21(24(17)20)25-26(35)15(2)22(13-29-25)27(30-16(3)34-4)31-10-6-7-18(32)14-31;1-5-6-26(31)29(4)25-17-24(8-7-21(25)2)23-11-15-30(16-12-23)18-22-9-13-27(14-10-22)19-28(3)20-27;1-4-11(2)14(15)12(3)7-5-8-13-9-6-10-13;11-7-12-6-9-4-3-8-2-1-5-10(8)9;1-3-2;1-2/h1,8-9,11-13,18,32-33H,2,6-7,10,14,35H2,3-4H3;7-8,17,22-23H,5-6,9-16,18-20H2,1-4H3;8,11-12H,4-7,9-10H2,1-3H3;7-9H,1-6H2;3H2,1-2H3;1-2H3/b27-22+,30-16+;;;;;. The van der Waals surface area contributed by atoms with Gasteiger partial charge in [-0.25, -0.2) is 4.39 Å². The van der Waals surface area contributed by atoms with Gasteiger partial charge in [-0.05, 0) is 219 Å². The van der Waals surface area contributed by atoms with Crippen molar-refractivity contribution >= 4 is 67.5 Å². The maximum Gasteiger partial charge on any atom is 0.293 e. The third kappa shape index (κ3) is 22.2. The number of aliphatic imine (C=N–C) groups is 1. The van der Waals surface area contributed by atoms with Crippen molar-refractivity contribution in [3.8, 4) is 29.4 Å². The van der Waals surface area contributed by atoms with Crippen molar-refractivity contribution in [2.75, 3.05) is 85.1 Å². The van der Waals surface area contributed by atoms with Crippen molar-refractivity contribution in [2.45, 2.75) is 228 Å². The first kappa shape index (κ1) is 81.0. The summed E-state index contributed by atoms with van der Waals surface area (Å²) in [5.41, 5.74) is 7.11. The van der Waals surface area contributed by atoms with Gasteiger partial charge in [0, 0.05) is 110 Å². The molecular weight excluding hydrogens is 1240 g/mol. The smallest absolute Gasteiger partial charge is 0.293 e. The zero-order chi connectivity index (χ0) is 71.6. The van der Waals surface area contributed by atoms with Crippen molar-refractivity contribution < 1.29 is 38.5 Å². The number of rotatable bonds is 18. The summed E-state index contributed by atoms with van der Waals surface area (Å²) in [4.78, 5) is 55.2. The molecule has 6 unspecified atom stereocenters. The lowest BCUT2D eigenvalue weighted by molar-refractivity contribution is -0.130. The Bertz CT molecular complexity index is 3430. The summed E-state index contributed by atoms with van der Waals surface area (Å²) in [5, 5.41) is 23.7. The van der Waals surface area contributed by atoms with E-state index in [2.05, 4.69) is 114 Å². The molecule has 5 aliphatic heterocycles. The summed E-state index contributed by atoms with van der Waals surface area (Å²) in [5.74, 6) is 5.70. The van der Waals surface area contributed by atoms with Crippen LogP contribution in [0.2, 0.25) is 0 Å². The van der Waals surface area contributed by atoms with Gasteiger partial charge in [-0.15, -0.1) is 15.7 Å². The number of pyridine rings is 1. The first-order valence-corrected chi connectivity index (χ1v) is 37.9. The highest BCUT2D eigenvalue weighted by Gasteiger charge is 2.44. The first-order chi connectivity index (χ1) is 47.1. The van der Waals surface area contributed by atoms with Crippen molar-refractivity contribution in [1.29, 1.82) is 0 Å². The van der Waals surface area contributed by atoms with Crippen molar-refractivity contribution in [3.63, 3.8) is 0 Å². The lowest BCUT2D eigenvalue weighted by atomic mass is 9.66. The van der Waals surface area contributed by atoms with E-state index in [0.29, 0.717) is 98.7 Å². The van der Waals surface area contributed by atoms with E-state index in [1.54, 1.807) is 31.9 Å². The Balaban J connectivity index is 0.000000217. The number of Topliss-reactive ketones (excluding diaryl/α,β-unsaturated/α-hetero) is 1. The molecule has 2 saturated carbocycles.